The fourth-order valence-electron chi connectivity index (χ4n) is 2.13. The molecule has 1 saturated heterocycles. The molecule has 15 heavy (non-hydrogen) atoms. The van der Waals surface area contributed by atoms with E-state index in [-0.39, 0.29) is 11.4 Å². The molecule has 3 nitrogen and oxygen atoms in total. The van der Waals surface area contributed by atoms with E-state index >= 15 is 0 Å². The van der Waals surface area contributed by atoms with Crippen LogP contribution in [0.2, 0.25) is 0 Å². The van der Waals surface area contributed by atoms with Crippen LogP contribution >= 0.6 is 11.3 Å². The molecular formula is C11H16N2OS. The molecular weight excluding hydrogens is 208 g/mol. The Morgan fingerprint density at radius 1 is 1.67 bits per heavy atom. The van der Waals surface area contributed by atoms with Gasteiger partial charge in [0.25, 0.3) is 0 Å². The van der Waals surface area contributed by atoms with E-state index in [4.69, 9.17) is 0 Å². The SMILES string of the molecule is CCC1(Cc2csc(C)n2)CCC(=O)N1. The third-order valence-corrected chi connectivity index (χ3v) is 3.92. The molecule has 1 amide bonds. The second-order valence-corrected chi connectivity index (χ2v) is 5.28. The van der Waals surface area contributed by atoms with Crippen molar-refractivity contribution < 1.29 is 4.79 Å². The first-order chi connectivity index (χ1) is 7.13. The summed E-state index contributed by atoms with van der Waals surface area (Å²) >= 11 is 1.67. The molecule has 0 bridgehead atoms. The summed E-state index contributed by atoms with van der Waals surface area (Å²) in [6.45, 7) is 4.14. The largest absolute Gasteiger partial charge is 0.350 e. The summed E-state index contributed by atoms with van der Waals surface area (Å²) in [6.07, 6.45) is 3.46. The molecule has 4 heteroatoms. The Kier molecular flexibility index (Phi) is 2.78. The van der Waals surface area contributed by atoms with E-state index in [1.165, 1.54) is 0 Å². The van der Waals surface area contributed by atoms with Gasteiger partial charge in [-0.25, -0.2) is 4.98 Å². The van der Waals surface area contributed by atoms with Gasteiger partial charge in [0.1, 0.15) is 0 Å². The second kappa shape index (κ2) is 3.93. The third-order valence-electron chi connectivity index (χ3n) is 3.10. The highest BCUT2D eigenvalue weighted by molar-refractivity contribution is 7.09. The number of hydrogen-bond donors (Lipinski definition) is 1. The zero-order valence-electron chi connectivity index (χ0n) is 9.17. The monoisotopic (exact) mass is 224 g/mol. The Balaban J connectivity index is 2.11. The van der Waals surface area contributed by atoms with E-state index in [0.29, 0.717) is 6.42 Å². The molecule has 82 valence electrons. The molecule has 1 unspecified atom stereocenters. The molecule has 2 rings (SSSR count). The van der Waals surface area contributed by atoms with Gasteiger partial charge in [-0.3, -0.25) is 4.79 Å². The molecule has 0 aromatic carbocycles. The molecule has 1 aromatic heterocycles. The number of rotatable bonds is 3. The van der Waals surface area contributed by atoms with E-state index in [2.05, 4.69) is 22.6 Å². The lowest BCUT2D eigenvalue weighted by Gasteiger charge is -2.26. The summed E-state index contributed by atoms with van der Waals surface area (Å²) in [7, 11) is 0. The molecule has 1 aromatic rings. The van der Waals surface area contributed by atoms with Crippen LogP contribution < -0.4 is 5.32 Å². The van der Waals surface area contributed by atoms with Crippen LogP contribution in [0.25, 0.3) is 0 Å². The van der Waals surface area contributed by atoms with Crippen LogP contribution in [0.1, 0.15) is 36.9 Å². The average Bonchev–Trinajstić information content (AvgIpc) is 2.75. The number of nitrogens with one attached hydrogen (secondary N) is 1. The molecule has 0 aliphatic carbocycles. The van der Waals surface area contributed by atoms with Crippen molar-refractivity contribution in [2.24, 2.45) is 0 Å². The summed E-state index contributed by atoms with van der Waals surface area (Å²) in [6, 6.07) is 0. The molecule has 1 aliphatic heterocycles. The first kappa shape index (κ1) is 10.6. The van der Waals surface area contributed by atoms with E-state index in [1.807, 2.05) is 6.92 Å². The molecule has 2 heterocycles. The predicted molar refractivity (Wildman–Crippen MR) is 61.0 cm³/mol. The number of thiazole rings is 1. The number of aryl methyl sites for hydroxylation is 1. The zero-order chi connectivity index (χ0) is 10.9. The number of aromatic nitrogens is 1. The summed E-state index contributed by atoms with van der Waals surface area (Å²) in [4.78, 5) is 15.7. The lowest BCUT2D eigenvalue weighted by Crippen LogP contribution is -2.43. The Morgan fingerprint density at radius 2 is 2.47 bits per heavy atom. The van der Waals surface area contributed by atoms with Crippen LogP contribution in [0.4, 0.5) is 0 Å². The number of hydrogen-bond acceptors (Lipinski definition) is 3. The van der Waals surface area contributed by atoms with Gasteiger partial charge < -0.3 is 5.32 Å². The number of carbonyl (C=O) groups is 1. The lowest BCUT2D eigenvalue weighted by molar-refractivity contribution is -0.119. The quantitative estimate of drug-likeness (QED) is 0.854. The molecule has 1 aliphatic rings. The van der Waals surface area contributed by atoms with E-state index in [9.17, 15) is 4.79 Å². The standard InChI is InChI=1S/C11H16N2OS/c1-3-11(5-4-10(14)13-11)6-9-7-15-8(2)12-9/h7H,3-6H2,1-2H3,(H,13,14). The van der Waals surface area contributed by atoms with Crippen molar-refractivity contribution in [1.82, 2.24) is 10.3 Å². The van der Waals surface area contributed by atoms with Crippen molar-refractivity contribution >= 4 is 17.2 Å². The van der Waals surface area contributed by atoms with E-state index in [0.717, 1.165) is 30.0 Å². The van der Waals surface area contributed by atoms with Gasteiger partial charge in [-0.1, -0.05) is 6.92 Å². The molecule has 0 radical (unpaired) electrons. The van der Waals surface area contributed by atoms with Crippen molar-refractivity contribution in [3.8, 4) is 0 Å². The Labute approximate surface area is 93.9 Å². The third kappa shape index (κ3) is 2.20. The number of carbonyl (C=O) groups excluding carboxylic acids is 1. The smallest absolute Gasteiger partial charge is 0.220 e. The van der Waals surface area contributed by atoms with Gasteiger partial charge in [0, 0.05) is 23.8 Å². The van der Waals surface area contributed by atoms with Crippen LogP contribution in [-0.2, 0) is 11.2 Å². The predicted octanol–water partition coefficient (Wildman–Crippen LogP) is 2.05. The molecule has 0 saturated carbocycles. The normalized spacial score (nSPS) is 25.6. The van der Waals surface area contributed by atoms with Gasteiger partial charge in [-0.2, -0.15) is 0 Å². The van der Waals surface area contributed by atoms with Gasteiger partial charge >= 0.3 is 0 Å². The Bertz CT molecular complexity index is 374. The first-order valence-corrected chi connectivity index (χ1v) is 6.23. The molecule has 0 spiro atoms. The lowest BCUT2D eigenvalue weighted by atomic mass is 9.89. The van der Waals surface area contributed by atoms with Crippen molar-refractivity contribution in [2.75, 3.05) is 0 Å². The van der Waals surface area contributed by atoms with Crippen LogP contribution in [0.3, 0.4) is 0 Å². The molecule has 1 N–H and O–H groups in total. The maximum atomic E-state index is 11.3. The Hall–Kier alpha value is -0.900. The van der Waals surface area contributed by atoms with E-state index < -0.39 is 0 Å². The van der Waals surface area contributed by atoms with Crippen LogP contribution in [0.15, 0.2) is 5.38 Å². The van der Waals surface area contributed by atoms with Crippen LogP contribution in [0.5, 0.6) is 0 Å². The maximum absolute atomic E-state index is 11.3. The summed E-state index contributed by atoms with van der Waals surface area (Å²) in [5.41, 5.74) is 1.08. The highest BCUT2D eigenvalue weighted by atomic mass is 32.1. The minimum absolute atomic E-state index is 0.0302. The fraction of sp³-hybridized carbons (Fsp3) is 0.636. The first-order valence-electron chi connectivity index (χ1n) is 5.35. The van der Waals surface area contributed by atoms with Gasteiger partial charge in [-0.05, 0) is 19.8 Å². The van der Waals surface area contributed by atoms with Crippen molar-refractivity contribution in [3.63, 3.8) is 0 Å². The summed E-state index contributed by atoms with van der Waals surface area (Å²) < 4.78 is 0. The van der Waals surface area contributed by atoms with Crippen molar-refractivity contribution in [1.29, 1.82) is 0 Å². The van der Waals surface area contributed by atoms with Gasteiger partial charge in [0.15, 0.2) is 0 Å². The molecule has 1 fully saturated rings. The summed E-state index contributed by atoms with van der Waals surface area (Å²) in [5, 5.41) is 6.29. The average molecular weight is 224 g/mol. The van der Waals surface area contributed by atoms with Crippen LogP contribution in [-0.4, -0.2) is 16.4 Å². The van der Waals surface area contributed by atoms with E-state index in [1.54, 1.807) is 11.3 Å². The van der Waals surface area contributed by atoms with Crippen molar-refractivity contribution in [3.05, 3.63) is 16.1 Å². The fourth-order valence-corrected chi connectivity index (χ4v) is 2.75. The van der Waals surface area contributed by atoms with Gasteiger partial charge in [0.2, 0.25) is 5.91 Å². The van der Waals surface area contributed by atoms with Crippen molar-refractivity contribution in [2.45, 2.75) is 45.1 Å². The number of nitrogens with zero attached hydrogens (tertiary/aromatic N) is 1. The highest BCUT2D eigenvalue weighted by Crippen LogP contribution is 2.28. The van der Waals surface area contributed by atoms with Gasteiger partial charge in [0.05, 0.1) is 10.7 Å². The zero-order valence-corrected chi connectivity index (χ0v) is 9.99. The number of amides is 1. The Morgan fingerprint density at radius 3 is 2.93 bits per heavy atom. The van der Waals surface area contributed by atoms with Crippen LogP contribution in [0, 0.1) is 6.92 Å². The molecule has 1 atom stereocenters. The second-order valence-electron chi connectivity index (χ2n) is 4.22. The maximum Gasteiger partial charge on any atom is 0.220 e. The van der Waals surface area contributed by atoms with Gasteiger partial charge in [-0.15, -0.1) is 11.3 Å². The minimum atomic E-state index is -0.0302. The summed E-state index contributed by atoms with van der Waals surface area (Å²) in [5.74, 6) is 0.184. The minimum Gasteiger partial charge on any atom is -0.350 e. The topological polar surface area (TPSA) is 42.0 Å². The highest BCUT2D eigenvalue weighted by Gasteiger charge is 2.36.